The number of carboxylic acids is 1. The van der Waals surface area contributed by atoms with Gasteiger partial charge >= 0.3 is 12.0 Å². The molecule has 0 radical (unpaired) electrons. The summed E-state index contributed by atoms with van der Waals surface area (Å²) in [5.41, 5.74) is 1.09. The fraction of sp³-hybridized carbons (Fsp3) is 0.450. The lowest BCUT2D eigenvalue weighted by molar-refractivity contribution is -0.137. The van der Waals surface area contributed by atoms with Crippen LogP contribution in [0.5, 0.6) is 0 Å². The number of hydrogen-bond donors (Lipinski definition) is 3. The van der Waals surface area contributed by atoms with E-state index in [1.807, 2.05) is 41.4 Å². The van der Waals surface area contributed by atoms with Crippen LogP contribution in [0.1, 0.15) is 43.0 Å². The topological polar surface area (TPSA) is 98.3 Å². The zero-order valence-corrected chi connectivity index (χ0v) is 15.3. The maximum atomic E-state index is 12.7. The Kier molecular flexibility index (Phi) is 6.46. The van der Waals surface area contributed by atoms with E-state index in [9.17, 15) is 9.59 Å². The van der Waals surface area contributed by atoms with Gasteiger partial charge in [-0.15, -0.1) is 0 Å². The SMILES string of the molecule is O=C(O)CCC(Cc1ccccc1)NC(=O)N1CCC(c2ncc[nH]2)CC1. The molecule has 1 aliphatic heterocycles. The Morgan fingerprint density at radius 2 is 2.00 bits per heavy atom. The molecule has 2 amide bonds. The first-order valence-electron chi connectivity index (χ1n) is 9.42. The number of nitrogens with one attached hydrogen (secondary N) is 2. The van der Waals surface area contributed by atoms with Crippen LogP contribution in [-0.2, 0) is 11.2 Å². The number of carbonyl (C=O) groups is 2. The van der Waals surface area contributed by atoms with E-state index >= 15 is 0 Å². The Labute approximate surface area is 158 Å². The molecule has 1 fully saturated rings. The number of benzene rings is 1. The van der Waals surface area contributed by atoms with Gasteiger partial charge in [-0.05, 0) is 31.2 Å². The number of imidazole rings is 1. The molecule has 0 aliphatic carbocycles. The second kappa shape index (κ2) is 9.21. The van der Waals surface area contributed by atoms with Gasteiger partial charge in [0, 0.05) is 43.9 Å². The number of carboxylic acid groups (broad SMARTS) is 1. The molecule has 7 heteroatoms. The molecule has 0 spiro atoms. The van der Waals surface area contributed by atoms with Crippen molar-refractivity contribution < 1.29 is 14.7 Å². The molecule has 144 valence electrons. The van der Waals surface area contributed by atoms with Gasteiger partial charge in [0.25, 0.3) is 0 Å². The average Bonchev–Trinajstić information content (AvgIpc) is 3.22. The van der Waals surface area contributed by atoms with E-state index in [0.29, 0.717) is 31.8 Å². The Balaban J connectivity index is 1.54. The molecular formula is C20H26N4O3. The van der Waals surface area contributed by atoms with Gasteiger partial charge in [-0.1, -0.05) is 30.3 Å². The second-order valence-electron chi connectivity index (χ2n) is 7.00. The van der Waals surface area contributed by atoms with Gasteiger partial charge in [0.05, 0.1) is 0 Å². The molecule has 2 heterocycles. The highest BCUT2D eigenvalue weighted by atomic mass is 16.4. The van der Waals surface area contributed by atoms with Gasteiger partial charge in [0.2, 0.25) is 0 Å². The first-order valence-corrected chi connectivity index (χ1v) is 9.42. The summed E-state index contributed by atoms with van der Waals surface area (Å²) < 4.78 is 0. The van der Waals surface area contributed by atoms with E-state index in [4.69, 9.17) is 5.11 Å². The van der Waals surface area contributed by atoms with Gasteiger partial charge < -0.3 is 20.3 Å². The van der Waals surface area contributed by atoms with Crippen molar-refractivity contribution in [3.05, 3.63) is 54.1 Å². The third kappa shape index (κ3) is 5.57. The Hall–Kier alpha value is -2.83. The first-order chi connectivity index (χ1) is 13.1. The summed E-state index contributed by atoms with van der Waals surface area (Å²) in [6.45, 7) is 1.35. The smallest absolute Gasteiger partial charge is 0.317 e. The van der Waals surface area contributed by atoms with Crippen LogP contribution in [0, 0.1) is 0 Å². The number of urea groups is 1. The van der Waals surface area contributed by atoms with Gasteiger partial charge in [0.1, 0.15) is 5.82 Å². The summed E-state index contributed by atoms with van der Waals surface area (Å²) in [5.74, 6) is 0.496. The molecule has 3 N–H and O–H groups in total. The lowest BCUT2D eigenvalue weighted by Gasteiger charge is -2.32. The van der Waals surface area contributed by atoms with E-state index in [1.54, 1.807) is 6.20 Å². The zero-order valence-electron chi connectivity index (χ0n) is 15.3. The van der Waals surface area contributed by atoms with Gasteiger partial charge in [-0.2, -0.15) is 0 Å². The van der Waals surface area contributed by atoms with Crippen LogP contribution >= 0.6 is 0 Å². The van der Waals surface area contributed by atoms with Crippen molar-refractivity contribution in [2.24, 2.45) is 0 Å². The van der Waals surface area contributed by atoms with Crippen LogP contribution < -0.4 is 5.32 Å². The maximum Gasteiger partial charge on any atom is 0.317 e. The number of rotatable bonds is 7. The lowest BCUT2D eigenvalue weighted by Crippen LogP contribution is -2.48. The first kappa shape index (κ1) is 18.9. The maximum absolute atomic E-state index is 12.7. The standard InChI is InChI=1S/C20H26N4O3/c25-18(26)7-6-17(14-15-4-2-1-3-5-15)23-20(27)24-12-8-16(9-13-24)19-21-10-11-22-19/h1-5,10-11,16-17H,6-9,12-14H2,(H,21,22)(H,23,27)(H,25,26). The number of aromatic nitrogens is 2. The minimum atomic E-state index is -0.846. The summed E-state index contributed by atoms with van der Waals surface area (Å²) in [7, 11) is 0. The molecule has 1 aliphatic rings. The summed E-state index contributed by atoms with van der Waals surface area (Å²) in [6.07, 6.45) is 6.41. The van der Waals surface area contributed by atoms with Crippen molar-refractivity contribution in [1.29, 1.82) is 0 Å². The molecule has 0 bridgehead atoms. The summed E-state index contributed by atoms with van der Waals surface area (Å²) >= 11 is 0. The number of piperidine rings is 1. The van der Waals surface area contributed by atoms with Crippen LogP contribution in [-0.4, -0.2) is 51.1 Å². The largest absolute Gasteiger partial charge is 0.481 e. The van der Waals surface area contributed by atoms with Gasteiger partial charge in [-0.25, -0.2) is 9.78 Å². The molecule has 3 rings (SSSR count). The number of nitrogens with zero attached hydrogens (tertiary/aromatic N) is 2. The molecule has 7 nitrogen and oxygen atoms in total. The summed E-state index contributed by atoms with van der Waals surface area (Å²) in [6, 6.07) is 9.52. The molecule has 2 aromatic rings. The fourth-order valence-corrected chi connectivity index (χ4v) is 3.54. The van der Waals surface area contributed by atoms with Crippen LogP contribution in [0.15, 0.2) is 42.7 Å². The van der Waals surface area contributed by atoms with Crippen molar-refractivity contribution in [1.82, 2.24) is 20.2 Å². The number of hydrogen-bond acceptors (Lipinski definition) is 3. The molecule has 1 saturated heterocycles. The number of aliphatic carboxylic acids is 1. The van der Waals surface area contributed by atoms with Crippen molar-refractivity contribution in [2.75, 3.05) is 13.1 Å². The Morgan fingerprint density at radius 1 is 1.26 bits per heavy atom. The molecular weight excluding hydrogens is 344 g/mol. The molecule has 1 unspecified atom stereocenters. The average molecular weight is 370 g/mol. The van der Waals surface area contributed by atoms with Crippen molar-refractivity contribution in [3.8, 4) is 0 Å². The van der Waals surface area contributed by atoms with Crippen LogP contribution in [0.25, 0.3) is 0 Å². The van der Waals surface area contributed by atoms with E-state index in [0.717, 1.165) is 24.2 Å². The van der Waals surface area contributed by atoms with Gasteiger partial charge in [0.15, 0.2) is 0 Å². The van der Waals surface area contributed by atoms with Crippen molar-refractivity contribution in [3.63, 3.8) is 0 Å². The quantitative estimate of drug-likeness (QED) is 0.698. The molecule has 1 atom stereocenters. The predicted octanol–water partition coefficient (Wildman–Crippen LogP) is 2.77. The second-order valence-corrected chi connectivity index (χ2v) is 7.00. The lowest BCUT2D eigenvalue weighted by atomic mass is 9.96. The van der Waals surface area contributed by atoms with Crippen LogP contribution in [0.4, 0.5) is 4.79 Å². The fourth-order valence-electron chi connectivity index (χ4n) is 3.54. The zero-order chi connectivity index (χ0) is 19.1. The third-order valence-electron chi connectivity index (χ3n) is 5.05. The normalized spacial score (nSPS) is 16.1. The number of aromatic amines is 1. The number of likely N-dealkylation sites (tertiary alicyclic amines) is 1. The van der Waals surface area contributed by atoms with E-state index < -0.39 is 5.97 Å². The highest BCUT2D eigenvalue weighted by molar-refractivity contribution is 5.75. The number of H-pyrrole nitrogens is 1. The Bertz CT molecular complexity index is 725. The van der Waals surface area contributed by atoms with Gasteiger partial charge in [-0.3, -0.25) is 4.79 Å². The monoisotopic (exact) mass is 370 g/mol. The molecule has 0 saturated carbocycles. The molecule has 1 aromatic heterocycles. The highest BCUT2D eigenvalue weighted by Gasteiger charge is 2.26. The summed E-state index contributed by atoms with van der Waals surface area (Å²) in [4.78, 5) is 32.9. The van der Waals surface area contributed by atoms with Crippen molar-refractivity contribution in [2.45, 2.75) is 44.1 Å². The van der Waals surface area contributed by atoms with E-state index in [-0.39, 0.29) is 18.5 Å². The minimum Gasteiger partial charge on any atom is -0.481 e. The number of amides is 2. The third-order valence-corrected chi connectivity index (χ3v) is 5.05. The Morgan fingerprint density at radius 3 is 2.63 bits per heavy atom. The van der Waals surface area contributed by atoms with E-state index in [1.165, 1.54) is 0 Å². The van der Waals surface area contributed by atoms with E-state index in [2.05, 4.69) is 15.3 Å². The van der Waals surface area contributed by atoms with Crippen molar-refractivity contribution >= 4 is 12.0 Å². The predicted molar refractivity (Wildman–Crippen MR) is 101 cm³/mol. The highest BCUT2D eigenvalue weighted by Crippen LogP contribution is 2.25. The molecule has 1 aromatic carbocycles. The van der Waals surface area contributed by atoms with Crippen LogP contribution in [0.2, 0.25) is 0 Å². The summed E-state index contributed by atoms with van der Waals surface area (Å²) in [5, 5.41) is 12.0. The minimum absolute atomic E-state index is 0.0400. The number of carbonyl (C=O) groups excluding carboxylic acids is 1. The van der Waals surface area contributed by atoms with Crippen LogP contribution in [0.3, 0.4) is 0 Å². The molecule has 27 heavy (non-hydrogen) atoms.